The van der Waals surface area contributed by atoms with Crippen molar-refractivity contribution in [1.29, 1.82) is 0 Å². The summed E-state index contributed by atoms with van der Waals surface area (Å²) < 4.78 is 0. The van der Waals surface area contributed by atoms with E-state index in [0.29, 0.717) is 6.17 Å². The van der Waals surface area contributed by atoms with Gasteiger partial charge >= 0.3 is 0 Å². The van der Waals surface area contributed by atoms with Crippen LogP contribution in [0.3, 0.4) is 0 Å². The fourth-order valence-electron chi connectivity index (χ4n) is 2.60. The molecule has 1 aliphatic rings. The molecule has 0 aromatic heterocycles. The van der Waals surface area contributed by atoms with E-state index in [0.717, 1.165) is 13.1 Å². The number of unbranched alkanes of at least 4 members (excludes halogenated alkanes) is 6. The quantitative estimate of drug-likeness (QED) is 0.422. The molecule has 0 saturated carbocycles. The molecular weight excluding hydrogens is 246 g/mol. The van der Waals surface area contributed by atoms with Gasteiger partial charge < -0.3 is 16.0 Å². The van der Waals surface area contributed by atoms with E-state index in [4.69, 9.17) is 5.73 Å². The maximum Gasteiger partial charge on any atom is 0.0981 e. The van der Waals surface area contributed by atoms with E-state index < -0.39 is 0 Å². The SMILES string of the molecule is CCCCC/C=C/CCCCCC1NC=CN1CCN. The van der Waals surface area contributed by atoms with Crippen LogP contribution in [-0.2, 0) is 0 Å². The Labute approximate surface area is 125 Å². The molecule has 0 bridgehead atoms. The van der Waals surface area contributed by atoms with E-state index in [-0.39, 0.29) is 0 Å². The van der Waals surface area contributed by atoms with Crippen molar-refractivity contribution in [2.45, 2.75) is 70.9 Å². The molecule has 3 N–H and O–H groups in total. The van der Waals surface area contributed by atoms with Crippen molar-refractivity contribution in [3.8, 4) is 0 Å². The Morgan fingerprint density at radius 2 is 1.85 bits per heavy atom. The third-order valence-corrected chi connectivity index (χ3v) is 3.83. The maximum absolute atomic E-state index is 5.61. The Morgan fingerprint density at radius 3 is 2.55 bits per heavy atom. The molecule has 3 heteroatoms. The minimum atomic E-state index is 0.475. The molecule has 0 spiro atoms. The van der Waals surface area contributed by atoms with Crippen molar-refractivity contribution in [2.24, 2.45) is 5.73 Å². The summed E-state index contributed by atoms with van der Waals surface area (Å²) in [5.74, 6) is 0. The molecule has 0 aliphatic carbocycles. The van der Waals surface area contributed by atoms with E-state index in [1.807, 2.05) is 6.20 Å². The number of nitrogens with two attached hydrogens (primary N) is 1. The Bertz CT molecular complexity index is 273. The van der Waals surface area contributed by atoms with Crippen molar-refractivity contribution in [3.05, 3.63) is 24.6 Å². The second kappa shape index (κ2) is 11.8. The molecule has 116 valence electrons. The zero-order valence-corrected chi connectivity index (χ0v) is 13.2. The first-order chi connectivity index (χ1) is 9.88. The van der Waals surface area contributed by atoms with Crippen molar-refractivity contribution in [1.82, 2.24) is 10.2 Å². The molecule has 0 aromatic rings. The zero-order chi connectivity index (χ0) is 14.5. The van der Waals surface area contributed by atoms with E-state index in [1.54, 1.807) is 0 Å². The van der Waals surface area contributed by atoms with Crippen molar-refractivity contribution in [3.63, 3.8) is 0 Å². The highest BCUT2D eigenvalue weighted by Gasteiger charge is 2.16. The zero-order valence-electron chi connectivity index (χ0n) is 13.2. The molecular formula is C17H33N3. The number of rotatable bonds is 12. The molecule has 0 saturated heterocycles. The van der Waals surface area contributed by atoms with E-state index >= 15 is 0 Å². The number of hydrogen-bond donors (Lipinski definition) is 2. The summed E-state index contributed by atoms with van der Waals surface area (Å²) in [5.41, 5.74) is 5.61. The summed E-state index contributed by atoms with van der Waals surface area (Å²) in [7, 11) is 0. The molecule has 0 aromatic carbocycles. The fourth-order valence-corrected chi connectivity index (χ4v) is 2.60. The minimum absolute atomic E-state index is 0.475. The van der Waals surface area contributed by atoms with Crippen LogP contribution >= 0.6 is 0 Å². The Kier molecular flexibility index (Phi) is 10.1. The van der Waals surface area contributed by atoms with Crippen LogP contribution in [0, 0.1) is 0 Å². The summed E-state index contributed by atoms with van der Waals surface area (Å²) in [4.78, 5) is 2.31. The predicted molar refractivity (Wildman–Crippen MR) is 88.2 cm³/mol. The number of hydrogen-bond acceptors (Lipinski definition) is 3. The Hall–Kier alpha value is -0.960. The third-order valence-electron chi connectivity index (χ3n) is 3.83. The van der Waals surface area contributed by atoms with Gasteiger partial charge in [-0.2, -0.15) is 0 Å². The topological polar surface area (TPSA) is 41.3 Å². The first kappa shape index (κ1) is 17.1. The number of nitrogens with one attached hydrogen (secondary N) is 1. The smallest absolute Gasteiger partial charge is 0.0981 e. The summed E-state index contributed by atoms with van der Waals surface area (Å²) in [6, 6.07) is 0. The Morgan fingerprint density at radius 1 is 1.10 bits per heavy atom. The van der Waals surface area contributed by atoms with Crippen LogP contribution in [0.5, 0.6) is 0 Å². The summed E-state index contributed by atoms with van der Waals surface area (Å²) >= 11 is 0. The lowest BCUT2D eigenvalue weighted by atomic mass is 10.1. The van der Waals surface area contributed by atoms with Crippen molar-refractivity contribution in [2.75, 3.05) is 13.1 Å². The summed E-state index contributed by atoms with van der Waals surface area (Å²) in [6.07, 6.45) is 21.1. The van der Waals surface area contributed by atoms with E-state index in [1.165, 1.54) is 57.8 Å². The van der Waals surface area contributed by atoms with Gasteiger partial charge in [-0.25, -0.2) is 0 Å². The van der Waals surface area contributed by atoms with Crippen LogP contribution < -0.4 is 11.1 Å². The van der Waals surface area contributed by atoms with Crippen LogP contribution in [-0.4, -0.2) is 24.2 Å². The molecule has 0 fully saturated rings. The standard InChI is InChI=1S/C17H33N3/c1-2-3-4-5-6-7-8-9-10-11-12-17-19-14-16-20(17)15-13-18/h6-7,14,16-17,19H,2-5,8-13,15,18H2,1H3/b7-6+. The van der Waals surface area contributed by atoms with Gasteiger partial charge in [-0.1, -0.05) is 38.3 Å². The number of nitrogens with zero attached hydrogens (tertiary/aromatic N) is 1. The van der Waals surface area contributed by atoms with Crippen LogP contribution in [0.15, 0.2) is 24.6 Å². The van der Waals surface area contributed by atoms with E-state index in [2.05, 4.69) is 35.5 Å². The van der Waals surface area contributed by atoms with Crippen LogP contribution in [0.1, 0.15) is 64.7 Å². The average molecular weight is 279 g/mol. The first-order valence-corrected chi connectivity index (χ1v) is 8.42. The lowest BCUT2D eigenvalue weighted by molar-refractivity contribution is 0.264. The molecule has 1 atom stereocenters. The van der Waals surface area contributed by atoms with Crippen LogP contribution in [0.25, 0.3) is 0 Å². The predicted octanol–water partition coefficient (Wildman–Crippen LogP) is 3.73. The summed E-state index contributed by atoms with van der Waals surface area (Å²) in [6.45, 7) is 3.94. The van der Waals surface area contributed by atoms with Crippen LogP contribution in [0.4, 0.5) is 0 Å². The molecule has 1 heterocycles. The Balaban J connectivity index is 1.92. The highest BCUT2D eigenvalue weighted by molar-refractivity contribution is 4.94. The number of allylic oxidation sites excluding steroid dienone is 2. The van der Waals surface area contributed by atoms with Crippen LogP contribution in [0.2, 0.25) is 0 Å². The van der Waals surface area contributed by atoms with Gasteiger partial charge in [-0.05, 0) is 38.5 Å². The molecule has 1 unspecified atom stereocenters. The lowest BCUT2D eigenvalue weighted by Gasteiger charge is -2.24. The molecule has 0 radical (unpaired) electrons. The van der Waals surface area contributed by atoms with E-state index in [9.17, 15) is 0 Å². The van der Waals surface area contributed by atoms with Gasteiger partial charge in [0.05, 0.1) is 6.17 Å². The van der Waals surface area contributed by atoms with Gasteiger partial charge in [0.15, 0.2) is 0 Å². The van der Waals surface area contributed by atoms with Gasteiger partial charge in [0, 0.05) is 25.5 Å². The first-order valence-electron chi connectivity index (χ1n) is 8.42. The normalized spacial score (nSPS) is 18.1. The molecule has 20 heavy (non-hydrogen) atoms. The van der Waals surface area contributed by atoms with Gasteiger partial charge in [-0.15, -0.1) is 0 Å². The highest BCUT2D eigenvalue weighted by atomic mass is 15.3. The third kappa shape index (κ3) is 7.59. The summed E-state index contributed by atoms with van der Waals surface area (Å²) in [5, 5.41) is 3.40. The molecule has 1 aliphatic heterocycles. The van der Waals surface area contributed by atoms with Crippen molar-refractivity contribution < 1.29 is 0 Å². The molecule has 0 amide bonds. The maximum atomic E-state index is 5.61. The van der Waals surface area contributed by atoms with Gasteiger partial charge in [-0.3, -0.25) is 0 Å². The monoisotopic (exact) mass is 279 g/mol. The second-order valence-corrected chi connectivity index (χ2v) is 5.63. The second-order valence-electron chi connectivity index (χ2n) is 5.63. The molecule has 1 rings (SSSR count). The fraction of sp³-hybridized carbons (Fsp3) is 0.765. The lowest BCUT2D eigenvalue weighted by Crippen LogP contribution is -2.37. The average Bonchev–Trinajstić information content (AvgIpc) is 2.89. The van der Waals surface area contributed by atoms with Gasteiger partial charge in [0.1, 0.15) is 0 Å². The minimum Gasteiger partial charge on any atom is -0.370 e. The highest BCUT2D eigenvalue weighted by Crippen LogP contribution is 2.13. The largest absolute Gasteiger partial charge is 0.370 e. The van der Waals surface area contributed by atoms with Gasteiger partial charge in [0.2, 0.25) is 0 Å². The van der Waals surface area contributed by atoms with Crippen molar-refractivity contribution >= 4 is 0 Å². The van der Waals surface area contributed by atoms with Gasteiger partial charge in [0.25, 0.3) is 0 Å². The molecule has 3 nitrogen and oxygen atoms in total.